The molecule has 104 valence electrons. The first kappa shape index (κ1) is 14.0. The van der Waals surface area contributed by atoms with E-state index in [9.17, 15) is 15.0 Å². The van der Waals surface area contributed by atoms with Gasteiger partial charge in [0.1, 0.15) is 5.75 Å². The number of rotatable bonds is 4. The molecule has 1 unspecified atom stereocenters. The molecule has 0 bridgehead atoms. The minimum atomic E-state index is -0.811. The molecule has 1 aromatic heterocycles. The predicted molar refractivity (Wildman–Crippen MR) is 74.4 cm³/mol. The lowest BCUT2D eigenvalue weighted by Gasteiger charge is -2.13. The number of benzene rings is 1. The summed E-state index contributed by atoms with van der Waals surface area (Å²) in [5, 5.41) is 22.3. The number of nitrogens with zero attached hydrogens (tertiary/aromatic N) is 1. The fourth-order valence-electron chi connectivity index (χ4n) is 1.83. The molecule has 5 heteroatoms. The summed E-state index contributed by atoms with van der Waals surface area (Å²) in [7, 11) is 0. The summed E-state index contributed by atoms with van der Waals surface area (Å²) in [4.78, 5) is 15.8. The summed E-state index contributed by atoms with van der Waals surface area (Å²) < 4.78 is 0. The van der Waals surface area contributed by atoms with Crippen LogP contribution in [-0.2, 0) is 0 Å². The average Bonchev–Trinajstić information content (AvgIpc) is 2.48. The number of aryl methyl sites for hydroxylation is 1. The molecule has 2 aromatic rings. The molecule has 1 atom stereocenters. The maximum Gasteiger partial charge on any atom is 0.255 e. The van der Waals surface area contributed by atoms with Crippen LogP contribution < -0.4 is 5.32 Å². The SMILES string of the molecule is Cc1cccc(C(=O)NCC(O)c2ccncc2)c1O. The first-order chi connectivity index (χ1) is 9.59. The molecule has 0 saturated heterocycles. The van der Waals surface area contributed by atoms with Gasteiger partial charge in [0.2, 0.25) is 0 Å². The summed E-state index contributed by atoms with van der Waals surface area (Å²) in [5.41, 5.74) is 1.51. The van der Waals surface area contributed by atoms with Crippen LogP contribution in [-0.4, -0.2) is 27.6 Å². The van der Waals surface area contributed by atoms with Gasteiger partial charge in [0.05, 0.1) is 11.7 Å². The molecule has 0 spiro atoms. The van der Waals surface area contributed by atoms with Crippen molar-refractivity contribution >= 4 is 5.91 Å². The number of para-hydroxylation sites is 1. The number of amides is 1. The zero-order chi connectivity index (χ0) is 14.5. The second-order valence-electron chi connectivity index (χ2n) is 4.48. The number of nitrogens with one attached hydrogen (secondary N) is 1. The molecule has 20 heavy (non-hydrogen) atoms. The van der Waals surface area contributed by atoms with E-state index in [2.05, 4.69) is 10.3 Å². The van der Waals surface area contributed by atoms with Gasteiger partial charge in [0.25, 0.3) is 5.91 Å². The van der Waals surface area contributed by atoms with Crippen molar-refractivity contribution in [3.05, 3.63) is 59.4 Å². The largest absolute Gasteiger partial charge is 0.507 e. The van der Waals surface area contributed by atoms with Crippen LogP contribution in [0.2, 0.25) is 0 Å². The van der Waals surface area contributed by atoms with E-state index < -0.39 is 12.0 Å². The third-order valence-corrected chi connectivity index (χ3v) is 3.03. The van der Waals surface area contributed by atoms with Crippen LogP contribution in [0.4, 0.5) is 0 Å². The summed E-state index contributed by atoms with van der Waals surface area (Å²) in [5.74, 6) is -0.456. The first-order valence-electron chi connectivity index (χ1n) is 6.24. The number of aliphatic hydroxyl groups is 1. The monoisotopic (exact) mass is 272 g/mol. The van der Waals surface area contributed by atoms with Crippen LogP contribution in [0, 0.1) is 6.92 Å². The number of aromatic nitrogens is 1. The van der Waals surface area contributed by atoms with Gasteiger partial charge >= 0.3 is 0 Å². The molecule has 2 rings (SSSR count). The van der Waals surface area contributed by atoms with E-state index in [0.717, 1.165) is 0 Å². The molecular formula is C15H16N2O3. The van der Waals surface area contributed by atoms with Crippen LogP contribution in [0.3, 0.4) is 0 Å². The molecule has 0 aliphatic rings. The highest BCUT2D eigenvalue weighted by atomic mass is 16.3. The molecular weight excluding hydrogens is 256 g/mol. The van der Waals surface area contributed by atoms with Gasteiger partial charge in [-0.15, -0.1) is 0 Å². The third-order valence-electron chi connectivity index (χ3n) is 3.03. The van der Waals surface area contributed by atoms with E-state index in [1.54, 1.807) is 43.6 Å². The number of hydrogen-bond acceptors (Lipinski definition) is 4. The van der Waals surface area contributed by atoms with Crippen molar-refractivity contribution in [2.75, 3.05) is 6.54 Å². The van der Waals surface area contributed by atoms with Crippen LogP contribution in [0.15, 0.2) is 42.7 Å². The third kappa shape index (κ3) is 3.13. The number of aliphatic hydroxyl groups excluding tert-OH is 1. The Morgan fingerprint density at radius 3 is 2.70 bits per heavy atom. The Morgan fingerprint density at radius 1 is 1.30 bits per heavy atom. The number of hydrogen-bond donors (Lipinski definition) is 3. The highest BCUT2D eigenvalue weighted by Crippen LogP contribution is 2.21. The number of aromatic hydroxyl groups is 1. The Morgan fingerprint density at radius 2 is 2.00 bits per heavy atom. The maximum absolute atomic E-state index is 12.0. The minimum Gasteiger partial charge on any atom is -0.507 e. The molecule has 0 radical (unpaired) electrons. The van der Waals surface area contributed by atoms with E-state index in [-0.39, 0.29) is 17.9 Å². The number of phenols is 1. The summed E-state index contributed by atoms with van der Waals surface area (Å²) in [6.07, 6.45) is 2.34. The lowest BCUT2D eigenvalue weighted by molar-refractivity contribution is 0.0913. The minimum absolute atomic E-state index is 0.0385. The van der Waals surface area contributed by atoms with Gasteiger partial charge in [-0.2, -0.15) is 0 Å². The molecule has 0 saturated carbocycles. The standard InChI is InChI=1S/C15H16N2O3/c1-10-3-2-4-12(14(10)19)15(20)17-9-13(18)11-5-7-16-8-6-11/h2-8,13,18-19H,9H2,1H3,(H,17,20). The van der Waals surface area contributed by atoms with Crippen LogP contribution in [0.1, 0.15) is 27.6 Å². The number of carbonyl (C=O) groups is 1. The van der Waals surface area contributed by atoms with Gasteiger partial charge in [-0.1, -0.05) is 12.1 Å². The second kappa shape index (κ2) is 6.16. The Balaban J connectivity index is 2.01. The number of carbonyl (C=O) groups excluding carboxylic acids is 1. The van der Waals surface area contributed by atoms with Gasteiger partial charge in [0, 0.05) is 18.9 Å². The van der Waals surface area contributed by atoms with Gasteiger partial charge in [-0.25, -0.2) is 0 Å². The van der Waals surface area contributed by atoms with Gasteiger partial charge in [-0.3, -0.25) is 9.78 Å². The van der Waals surface area contributed by atoms with Crippen LogP contribution in [0.25, 0.3) is 0 Å². The number of pyridine rings is 1. The predicted octanol–water partition coefficient (Wildman–Crippen LogP) is 1.56. The van der Waals surface area contributed by atoms with Crippen LogP contribution >= 0.6 is 0 Å². The lowest BCUT2D eigenvalue weighted by Crippen LogP contribution is -2.28. The smallest absolute Gasteiger partial charge is 0.255 e. The zero-order valence-electron chi connectivity index (χ0n) is 11.1. The first-order valence-corrected chi connectivity index (χ1v) is 6.24. The highest BCUT2D eigenvalue weighted by Gasteiger charge is 2.14. The van der Waals surface area contributed by atoms with Gasteiger partial charge in [0.15, 0.2) is 0 Å². The quantitative estimate of drug-likeness (QED) is 0.788. The molecule has 0 aliphatic carbocycles. The fraction of sp³-hybridized carbons (Fsp3) is 0.200. The normalized spacial score (nSPS) is 11.9. The van der Waals surface area contributed by atoms with Crippen molar-refractivity contribution in [3.63, 3.8) is 0 Å². The summed E-state index contributed by atoms with van der Waals surface area (Å²) >= 11 is 0. The fourth-order valence-corrected chi connectivity index (χ4v) is 1.83. The van der Waals surface area contributed by atoms with E-state index in [1.165, 1.54) is 6.07 Å². The van der Waals surface area contributed by atoms with E-state index in [4.69, 9.17) is 0 Å². The van der Waals surface area contributed by atoms with Gasteiger partial charge < -0.3 is 15.5 Å². The molecule has 5 nitrogen and oxygen atoms in total. The highest BCUT2D eigenvalue weighted by molar-refractivity contribution is 5.97. The molecule has 3 N–H and O–H groups in total. The van der Waals surface area contributed by atoms with Crippen LogP contribution in [0.5, 0.6) is 5.75 Å². The topological polar surface area (TPSA) is 82.5 Å². The van der Waals surface area contributed by atoms with E-state index in [1.807, 2.05) is 0 Å². The van der Waals surface area contributed by atoms with E-state index >= 15 is 0 Å². The second-order valence-corrected chi connectivity index (χ2v) is 4.48. The van der Waals surface area contributed by atoms with Crippen molar-refractivity contribution in [1.82, 2.24) is 10.3 Å². The molecule has 1 amide bonds. The van der Waals surface area contributed by atoms with Gasteiger partial charge in [-0.05, 0) is 36.2 Å². The molecule has 1 heterocycles. The molecule has 0 aliphatic heterocycles. The summed E-state index contributed by atoms with van der Waals surface area (Å²) in [6, 6.07) is 8.32. The summed E-state index contributed by atoms with van der Waals surface area (Å²) in [6.45, 7) is 1.79. The Labute approximate surface area is 116 Å². The molecule has 1 aromatic carbocycles. The van der Waals surface area contributed by atoms with E-state index in [0.29, 0.717) is 11.1 Å². The maximum atomic E-state index is 12.0. The molecule has 0 fully saturated rings. The van der Waals surface area contributed by atoms with Crippen molar-refractivity contribution in [2.24, 2.45) is 0 Å². The van der Waals surface area contributed by atoms with Crippen molar-refractivity contribution in [3.8, 4) is 5.75 Å². The Kier molecular flexibility index (Phi) is 4.32. The Hall–Kier alpha value is -2.40. The average molecular weight is 272 g/mol. The van der Waals surface area contributed by atoms with Crippen molar-refractivity contribution < 1.29 is 15.0 Å². The van der Waals surface area contributed by atoms with Crippen molar-refractivity contribution in [2.45, 2.75) is 13.0 Å². The number of phenolic OH excluding ortho intramolecular Hbond substituents is 1. The zero-order valence-corrected chi connectivity index (χ0v) is 11.1. The Bertz CT molecular complexity index is 599. The lowest BCUT2D eigenvalue weighted by atomic mass is 10.1. The van der Waals surface area contributed by atoms with Crippen molar-refractivity contribution in [1.29, 1.82) is 0 Å².